The van der Waals surface area contributed by atoms with Crippen LogP contribution in [-0.4, -0.2) is 69.9 Å². The average Bonchev–Trinajstić information content (AvgIpc) is 3.14. The largest absolute Gasteiger partial charge is 0.481 e. The van der Waals surface area contributed by atoms with E-state index in [4.69, 9.17) is 16.3 Å². The summed E-state index contributed by atoms with van der Waals surface area (Å²) in [4.78, 5) is 46.1. The number of pyridine rings is 1. The van der Waals surface area contributed by atoms with Crippen LogP contribution in [0.2, 0.25) is 5.02 Å². The van der Waals surface area contributed by atoms with E-state index in [1.165, 1.54) is 6.08 Å². The Morgan fingerprint density at radius 1 is 1.24 bits per heavy atom. The molecule has 2 aliphatic rings. The fourth-order valence-electron chi connectivity index (χ4n) is 5.19. The molecule has 3 aromatic rings. The van der Waals surface area contributed by atoms with Crippen molar-refractivity contribution in [2.75, 3.05) is 26.7 Å². The van der Waals surface area contributed by atoms with Crippen LogP contribution in [0.1, 0.15) is 27.2 Å². The Bertz CT molecular complexity index is 1430. The third kappa shape index (κ3) is 4.55. The number of carbonyl (C=O) groups excluding carboxylic acids is 3. The summed E-state index contributed by atoms with van der Waals surface area (Å²) >= 11 is 6.32. The van der Waals surface area contributed by atoms with Gasteiger partial charge in [-0.05, 0) is 49.2 Å². The number of likely N-dealkylation sites (tertiary alicyclic amines) is 1. The van der Waals surface area contributed by atoms with Crippen LogP contribution in [0.3, 0.4) is 0 Å². The lowest BCUT2D eigenvalue weighted by Crippen LogP contribution is -2.61. The topological polar surface area (TPSA) is 96.8 Å². The molecule has 192 valence electrons. The first kappa shape index (κ1) is 24.8. The van der Waals surface area contributed by atoms with E-state index in [0.29, 0.717) is 60.1 Å². The second kappa shape index (κ2) is 9.89. The normalized spacial score (nSPS) is 15.2. The lowest BCUT2D eigenvalue weighted by Gasteiger charge is -2.38. The molecule has 0 aliphatic carbocycles. The standard InChI is InChI=1S/C27H28ClN5O4/c1-4-24(35)32-13-19(14-32)30-23(34)15-33-16(2)25(21-11-18(28)5-6-22(21)33)27(36)31-10-8-20-17(12-31)7-9-29-26(20)37-3/h4-7,9,11,19H,1,8,10,12-15H2,2-3H3,(H,30,34). The number of fused-ring (bicyclic) bond motifs is 2. The van der Waals surface area contributed by atoms with Gasteiger partial charge in [-0.2, -0.15) is 0 Å². The van der Waals surface area contributed by atoms with Crippen molar-refractivity contribution >= 4 is 40.2 Å². The van der Waals surface area contributed by atoms with E-state index in [1.54, 1.807) is 30.3 Å². The highest BCUT2D eigenvalue weighted by Crippen LogP contribution is 2.32. The maximum atomic E-state index is 13.8. The molecule has 0 radical (unpaired) electrons. The molecule has 10 heteroatoms. The van der Waals surface area contributed by atoms with Crippen molar-refractivity contribution < 1.29 is 19.1 Å². The summed E-state index contributed by atoms with van der Waals surface area (Å²) in [7, 11) is 1.60. The van der Waals surface area contributed by atoms with Gasteiger partial charge in [0, 0.05) is 59.6 Å². The quantitative estimate of drug-likeness (QED) is 0.503. The summed E-state index contributed by atoms with van der Waals surface area (Å²) in [6.07, 6.45) is 3.60. The zero-order chi connectivity index (χ0) is 26.3. The van der Waals surface area contributed by atoms with Crippen molar-refractivity contribution in [2.24, 2.45) is 0 Å². The number of halogens is 1. The van der Waals surface area contributed by atoms with Crippen LogP contribution in [0.15, 0.2) is 43.1 Å². The Kier molecular flexibility index (Phi) is 6.64. The summed E-state index contributed by atoms with van der Waals surface area (Å²) in [5.74, 6) is 0.158. The van der Waals surface area contributed by atoms with Crippen molar-refractivity contribution in [1.82, 2.24) is 24.7 Å². The molecule has 0 unspecified atom stereocenters. The number of hydrogen-bond acceptors (Lipinski definition) is 5. The molecule has 1 aromatic carbocycles. The van der Waals surface area contributed by atoms with Crippen molar-refractivity contribution in [3.05, 3.63) is 70.5 Å². The zero-order valence-electron chi connectivity index (χ0n) is 20.8. The summed E-state index contributed by atoms with van der Waals surface area (Å²) < 4.78 is 7.24. The van der Waals surface area contributed by atoms with E-state index >= 15 is 0 Å². The van der Waals surface area contributed by atoms with E-state index in [1.807, 2.05) is 28.5 Å². The summed E-state index contributed by atoms with van der Waals surface area (Å²) in [5, 5.41) is 4.21. The first-order valence-electron chi connectivity index (χ1n) is 12.1. The Hall–Kier alpha value is -3.85. The van der Waals surface area contributed by atoms with Crippen molar-refractivity contribution in [1.29, 1.82) is 0 Å². The molecule has 1 saturated heterocycles. The minimum absolute atomic E-state index is 0.0504. The molecule has 0 bridgehead atoms. The van der Waals surface area contributed by atoms with Gasteiger partial charge >= 0.3 is 0 Å². The van der Waals surface area contributed by atoms with E-state index in [2.05, 4.69) is 16.9 Å². The molecule has 3 amide bonds. The van der Waals surface area contributed by atoms with Crippen LogP contribution >= 0.6 is 11.6 Å². The van der Waals surface area contributed by atoms with E-state index in [9.17, 15) is 14.4 Å². The van der Waals surface area contributed by atoms with E-state index in [0.717, 1.165) is 16.6 Å². The molecular weight excluding hydrogens is 494 g/mol. The van der Waals surface area contributed by atoms with Gasteiger partial charge in [0.15, 0.2) is 0 Å². The predicted octanol–water partition coefficient (Wildman–Crippen LogP) is 2.72. The second-order valence-corrected chi connectivity index (χ2v) is 9.79. The van der Waals surface area contributed by atoms with Gasteiger partial charge in [-0.3, -0.25) is 14.4 Å². The summed E-state index contributed by atoms with van der Waals surface area (Å²) in [6, 6.07) is 7.19. The average molecular weight is 522 g/mol. The molecule has 1 fully saturated rings. The number of amides is 3. The molecular formula is C27H28ClN5O4. The molecule has 37 heavy (non-hydrogen) atoms. The minimum Gasteiger partial charge on any atom is -0.481 e. The summed E-state index contributed by atoms with van der Waals surface area (Å²) in [5.41, 5.74) is 4.04. The molecule has 9 nitrogen and oxygen atoms in total. The first-order chi connectivity index (χ1) is 17.8. The highest BCUT2D eigenvalue weighted by Gasteiger charge is 2.32. The Morgan fingerprint density at radius 3 is 2.76 bits per heavy atom. The predicted molar refractivity (Wildman–Crippen MR) is 140 cm³/mol. The van der Waals surface area contributed by atoms with E-state index in [-0.39, 0.29) is 30.3 Å². The molecule has 1 N–H and O–H groups in total. The summed E-state index contributed by atoms with van der Waals surface area (Å²) in [6.45, 7) is 7.28. The number of ether oxygens (including phenoxy) is 1. The van der Waals surface area contributed by atoms with Gasteiger partial charge in [0.25, 0.3) is 5.91 Å². The molecule has 2 aliphatic heterocycles. The van der Waals surface area contributed by atoms with Gasteiger partial charge < -0.3 is 24.4 Å². The van der Waals surface area contributed by atoms with Crippen LogP contribution in [0.5, 0.6) is 5.88 Å². The lowest BCUT2D eigenvalue weighted by atomic mass is 10.00. The van der Waals surface area contributed by atoms with Crippen molar-refractivity contribution in [3.63, 3.8) is 0 Å². The lowest BCUT2D eigenvalue weighted by molar-refractivity contribution is -0.133. The maximum Gasteiger partial charge on any atom is 0.256 e. The Balaban J connectivity index is 1.39. The molecule has 0 atom stereocenters. The monoisotopic (exact) mass is 521 g/mol. The van der Waals surface area contributed by atoms with Gasteiger partial charge in [0.05, 0.1) is 18.7 Å². The van der Waals surface area contributed by atoms with Gasteiger partial charge in [0.1, 0.15) is 6.54 Å². The van der Waals surface area contributed by atoms with Crippen LogP contribution in [-0.2, 0) is 29.1 Å². The smallest absolute Gasteiger partial charge is 0.256 e. The fourth-order valence-corrected chi connectivity index (χ4v) is 5.36. The third-order valence-electron chi connectivity index (χ3n) is 7.12. The Morgan fingerprint density at radius 2 is 2.03 bits per heavy atom. The first-order valence-corrected chi connectivity index (χ1v) is 12.5. The maximum absolute atomic E-state index is 13.8. The van der Waals surface area contributed by atoms with Crippen molar-refractivity contribution in [2.45, 2.75) is 32.5 Å². The van der Waals surface area contributed by atoms with Crippen molar-refractivity contribution in [3.8, 4) is 5.88 Å². The van der Waals surface area contributed by atoms with Crippen LogP contribution in [0.4, 0.5) is 0 Å². The number of nitrogens with zero attached hydrogens (tertiary/aromatic N) is 4. The number of carbonyl (C=O) groups is 3. The number of rotatable bonds is 6. The van der Waals surface area contributed by atoms with Gasteiger partial charge in [0.2, 0.25) is 17.7 Å². The van der Waals surface area contributed by atoms with Crippen LogP contribution < -0.4 is 10.1 Å². The number of nitrogens with one attached hydrogen (secondary N) is 1. The molecule has 4 heterocycles. The zero-order valence-corrected chi connectivity index (χ0v) is 21.5. The highest BCUT2D eigenvalue weighted by molar-refractivity contribution is 6.31. The SMILES string of the molecule is C=CC(=O)N1CC(NC(=O)Cn2c(C)c(C(=O)N3CCc4c(ccnc4OC)C3)c3cc(Cl)ccc32)C1. The second-order valence-electron chi connectivity index (χ2n) is 9.35. The van der Waals surface area contributed by atoms with Gasteiger partial charge in [-0.25, -0.2) is 4.98 Å². The van der Waals surface area contributed by atoms with Gasteiger partial charge in [-0.15, -0.1) is 0 Å². The number of methoxy groups -OCH3 is 1. The number of hydrogen-bond donors (Lipinski definition) is 1. The molecule has 0 saturated carbocycles. The third-order valence-corrected chi connectivity index (χ3v) is 7.36. The van der Waals surface area contributed by atoms with Gasteiger partial charge in [-0.1, -0.05) is 18.2 Å². The fraction of sp³-hybridized carbons (Fsp3) is 0.333. The van der Waals surface area contributed by atoms with Crippen LogP contribution in [0.25, 0.3) is 10.9 Å². The van der Waals surface area contributed by atoms with Crippen LogP contribution in [0, 0.1) is 6.92 Å². The number of aromatic nitrogens is 2. The minimum atomic E-state index is -0.184. The Labute approximate surface area is 219 Å². The highest BCUT2D eigenvalue weighted by atomic mass is 35.5. The molecule has 0 spiro atoms. The van der Waals surface area contributed by atoms with E-state index < -0.39 is 0 Å². The number of benzene rings is 1. The molecule has 2 aromatic heterocycles. The molecule has 5 rings (SSSR count).